The van der Waals surface area contributed by atoms with Gasteiger partial charge in [-0.3, -0.25) is 0 Å². The number of aliphatic hydroxyl groups is 8. The Morgan fingerprint density at radius 2 is 0.863 bits per heavy atom. The Bertz CT molecular complexity index is 1300. The van der Waals surface area contributed by atoms with Crippen LogP contribution < -0.4 is 28.4 Å². The van der Waals surface area contributed by atoms with Crippen LogP contribution in [0.1, 0.15) is 11.1 Å². The van der Waals surface area contributed by atoms with Gasteiger partial charge in [0.15, 0.2) is 23.0 Å². The summed E-state index contributed by atoms with van der Waals surface area (Å²) in [6.07, 6.45) is -7.67. The summed E-state index contributed by atoms with van der Waals surface area (Å²) in [5, 5.41) is 80.0. The fraction of sp³-hybridized carbons (Fsp3) is 0.529. The SMILES string of the molecule is COc1cc(/C=C/COC/C=C/c2cc(OC)c(O[C@@H]3O[C@H](CO)[C@@H](O)[C@H](O)[C@H]3O)c(OC)c2)cc(OC)c1O[C@@H]1O[C@H](CO)[C@@H](O)[C@H](O)[C@H]1O. The van der Waals surface area contributed by atoms with Gasteiger partial charge in [0.25, 0.3) is 0 Å². The molecular formula is C34H46O17. The summed E-state index contributed by atoms with van der Waals surface area (Å²) < 4.78 is 50.0. The number of rotatable bonds is 16. The van der Waals surface area contributed by atoms with Gasteiger partial charge in [-0.2, -0.15) is 0 Å². The summed E-state index contributed by atoms with van der Waals surface area (Å²) in [4.78, 5) is 0. The summed E-state index contributed by atoms with van der Waals surface area (Å²) in [5.74, 6) is 1.06. The summed E-state index contributed by atoms with van der Waals surface area (Å²) in [6.45, 7) is -0.749. The van der Waals surface area contributed by atoms with Gasteiger partial charge in [0.05, 0.1) is 54.9 Å². The third-order valence-electron chi connectivity index (χ3n) is 8.18. The number of hydrogen-bond donors (Lipinski definition) is 8. The highest BCUT2D eigenvalue weighted by molar-refractivity contribution is 5.63. The minimum Gasteiger partial charge on any atom is -0.493 e. The molecule has 2 aromatic carbocycles. The van der Waals surface area contributed by atoms with Crippen LogP contribution in [0.25, 0.3) is 12.2 Å². The van der Waals surface area contributed by atoms with Crippen molar-refractivity contribution in [2.75, 3.05) is 54.9 Å². The molecule has 2 fully saturated rings. The van der Waals surface area contributed by atoms with Crippen LogP contribution in [0.2, 0.25) is 0 Å². The van der Waals surface area contributed by atoms with Crippen LogP contribution in [-0.4, -0.2) is 157 Å². The second-order valence-corrected chi connectivity index (χ2v) is 11.5. The molecule has 51 heavy (non-hydrogen) atoms. The molecule has 0 amide bonds. The van der Waals surface area contributed by atoms with Gasteiger partial charge in [-0.1, -0.05) is 24.3 Å². The van der Waals surface area contributed by atoms with Crippen LogP contribution in [0, 0.1) is 0 Å². The van der Waals surface area contributed by atoms with E-state index in [1.807, 2.05) is 0 Å². The van der Waals surface area contributed by atoms with E-state index in [9.17, 15) is 40.9 Å². The van der Waals surface area contributed by atoms with E-state index in [1.54, 1.807) is 48.6 Å². The number of benzene rings is 2. The van der Waals surface area contributed by atoms with Crippen molar-refractivity contribution in [3.63, 3.8) is 0 Å². The van der Waals surface area contributed by atoms with E-state index >= 15 is 0 Å². The maximum Gasteiger partial charge on any atom is 0.229 e. The van der Waals surface area contributed by atoms with Gasteiger partial charge in [-0.05, 0) is 35.4 Å². The molecule has 0 bridgehead atoms. The highest BCUT2D eigenvalue weighted by Gasteiger charge is 2.46. The molecule has 4 rings (SSSR count). The zero-order chi connectivity index (χ0) is 37.2. The quantitative estimate of drug-likeness (QED) is 0.0949. The Kier molecular flexibility index (Phi) is 14.7. The smallest absolute Gasteiger partial charge is 0.229 e. The van der Waals surface area contributed by atoms with Gasteiger partial charge < -0.3 is 83.5 Å². The summed E-state index contributed by atoms with van der Waals surface area (Å²) in [6, 6.07) is 6.57. The van der Waals surface area contributed by atoms with Crippen molar-refractivity contribution in [1.29, 1.82) is 0 Å². The molecule has 284 valence electrons. The predicted molar refractivity (Wildman–Crippen MR) is 177 cm³/mol. The Hall–Kier alpha value is -3.72. The molecule has 0 unspecified atom stereocenters. The molecule has 2 aromatic rings. The molecular weight excluding hydrogens is 680 g/mol. The van der Waals surface area contributed by atoms with E-state index in [-0.39, 0.29) is 47.7 Å². The van der Waals surface area contributed by atoms with Crippen molar-refractivity contribution >= 4 is 12.2 Å². The van der Waals surface area contributed by atoms with E-state index < -0.39 is 74.6 Å². The van der Waals surface area contributed by atoms with Gasteiger partial charge in [0, 0.05) is 0 Å². The first-order valence-electron chi connectivity index (χ1n) is 15.9. The lowest BCUT2D eigenvalue weighted by Crippen LogP contribution is -2.60. The normalized spacial score (nSPS) is 29.6. The van der Waals surface area contributed by atoms with Crippen molar-refractivity contribution in [1.82, 2.24) is 0 Å². The minimum absolute atomic E-state index is 0.0737. The molecule has 0 aliphatic carbocycles. The fourth-order valence-corrected chi connectivity index (χ4v) is 5.36. The predicted octanol–water partition coefficient (Wildman–Crippen LogP) is -1.18. The molecule has 2 aliphatic rings. The average Bonchev–Trinajstić information content (AvgIpc) is 3.14. The molecule has 10 atom stereocenters. The van der Waals surface area contributed by atoms with Crippen LogP contribution in [-0.2, 0) is 14.2 Å². The molecule has 2 heterocycles. The van der Waals surface area contributed by atoms with E-state index in [2.05, 4.69) is 0 Å². The first-order valence-corrected chi connectivity index (χ1v) is 15.9. The molecule has 0 spiro atoms. The number of methoxy groups -OCH3 is 4. The largest absolute Gasteiger partial charge is 0.493 e. The van der Waals surface area contributed by atoms with Crippen molar-refractivity contribution in [2.45, 2.75) is 61.4 Å². The second kappa shape index (κ2) is 18.7. The van der Waals surface area contributed by atoms with Gasteiger partial charge in [0.1, 0.15) is 48.8 Å². The number of ether oxygens (including phenoxy) is 9. The van der Waals surface area contributed by atoms with E-state index in [0.717, 1.165) is 0 Å². The molecule has 0 aromatic heterocycles. The van der Waals surface area contributed by atoms with Crippen molar-refractivity contribution in [2.24, 2.45) is 0 Å². The maximum atomic E-state index is 10.4. The molecule has 17 nitrogen and oxygen atoms in total. The zero-order valence-corrected chi connectivity index (χ0v) is 28.5. The monoisotopic (exact) mass is 726 g/mol. The minimum atomic E-state index is -1.62. The molecule has 8 N–H and O–H groups in total. The lowest BCUT2D eigenvalue weighted by molar-refractivity contribution is -0.277. The van der Waals surface area contributed by atoms with Crippen LogP contribution >= 0.6 is 0 Å². The standard InChI is InChI=1S/C34H46O17/c1-43-19-11-17(12-20(44-2)31(19)50-33-29(41)27(39)25(37)23(15-35)48-33)7-5-9-47-10-6-8-18-13-21(45-3)32(22(14-18)46-4)51-34-30(42)28(40)26(38)24(16-36)49-34/h5-8,11-14,23-30,33-42H,9-10,15-16H2,1-4H3/b7-5+,8-6+/t23-,24-,25-,26-,27+,28+,29-,30-,33+,34+/m1/s1. The summed E-state index contributed by atoms with van der Waals surface area (Å²) >= 11 is 0. The fourth-order valence-electron chi connectivity index (χ4n) is 5.36. The van der Waals surface area contributed by atoms with E-state index in [4.69, 9.17) is 42.6 Å². The average molecular weight is 727 g/mol. The third-order valence-corrected chi connectivity index (χ3v) is 8.18. The van der Waals surface area contributed by atoms with Crippen LogP contribution in [0.4, 0.5) is 0 Å². The summed E-state index contributed by atoms with van der Waals surface area (Å²) in [5.41, 5.74) is 1.32. The first kappa shape index (κ1) is 40.1. The Balaban J connectivity index is 1.36. The molecule has 0 saturated carbocycles. The number of aliphatic hydroxyl groups excluding tert-OH is 8. The van der Waals surface area contributed by atoms with Crippen LogP contribution in [0.3, 0.4) is 0 Å². The summed E-state index contributed by atoms with van der Waals surface area (Å²) in [7, 11) is 5.63. The topological polar surface area (TPSA) is 245 Å². The highest BCUT2D eigenvalue weighted by Crippen LogP contribution is 2.42. The Morgan fingerprint density at radius 3 is 1.16 bits per heavy atom. The molecule has 17 heteroatoms. The van der Waals surface area contributed by atoms with Crippen LogP contribution in [0.5, 0.6) is 34.5 Å². The van der Waals surface area contributed by atoms with E-state index in [1.165, 1.54) is 28.4 Å². The first-order chi connectivity index (χ1) is 24.5. The molecule has 0 radical (unpaired) electrons. The number of hydrogen-bond acceptors (Lipinski definition) is 17. The second-order valence-electron chi connectivity index (χ2n) is 11.5. The molecule has 2 saturated heterocycles. The zero-order valence-electron chi connectivity index (χ0n) is 28.5. The lowest BCUT2D eigenvalue weighted by Gasteiger charge is -2.39. The van der Waals surface area contributed by atoms with Crippen molar-refractivity contribution in [3.05, 3.63) is 47.5 Å². The Morgan fingerprint density at radius 1 is 0.529 bits per heavy atom. The van der Waals surface area contributed by atoms with Crippen molar-refractivity contribution < 1.29 is 83.5 Å². The van der Waals surface area contributed by atoms with Gasteiger partial charge in [0.2, 0.25) is 24.1 Å². The Labute approximate surface area is 294 Å². The van der Waals surface area contributed by atoms with Gasteiger partial charge in [-0.25, -0.2) is 0 Å². The van der Waals surface area contributed by atoms with Crippen LogP contribution in [0.15, 0.2) is 36.4 Å². The van der Waals surface area contributed by atoms with Gasteiger partial charge in [-0.15, -0.1) is 0 Å². The molecule has 2 aliphatic heterocycles. The lowest BCUT2D eigenvalue weighted by atomic mass is 9.99. The van der Waals surface area contributed by atoms with Crippen molar-refractivity contribution in [3.8, 4) is 34.5 Å². The third kappa shape index (κ3) is 9.39. The highest BCUT2D eigenvalue weighted by atomic mass is 16.7. The van der Waals surface area contributed by atoms with Gasteiger partial charge >= 0.3 is 0 Å². The van der Waals surface area contributed by atoms with E-state index in [0.29, 0.717) is 11.1 Å². The maximum absolute atomic E-state index is 10.4.